The van der Waals surface area contributed by atoms with Gasteiger partial charge in [-0.25, -0.2) is 0 Å². The molecule has 0 radical (unpaired) electrons. The minimum Gasteiger partial charge on any atom is -0.396 e. The second-order valence-corrected chi connectivity index (χ2v) is 7.98. The summed E-state index contributed by atoms with van der Waals surface area (Å²) in [5, 5.41) is 20.5. The van der Waals surface area contributed by atoms with Gasteiger partial charge in [-0.05, 0) is 43.9 Å². The van der Waals surface area contributed by atoms with Crippen LogP contribution in [0.4, 0.5) is 0 Å². The second kappa shape index (κ2) is 31.4. The van der Waals surface area contributed by atoms with Crippen LogP contribution in [-0.2, 0) is 9.53 Å². The van der Waals surface area contributed by atoms with E-state index in [-0.39, 0.29) is 18.1 Å². The van der Waals surface area contributed by atoms with Crippen molar-refractivity contribution < 1.29 is 19.7 Å². The normalized spacial score (nSPS) is 10.5. The Hall–Kier alpha value is -0.650. The number of aliphatic hydroxyl groups excluding tert-OH is 2. The number of hydrogen-bond acceptors (Lipinski definition) is 4. The summed E-state index contributed by atoms with van der Waals surface area (Å²) in [6.07, 6.45) is 9.67. The number of nitrogens with one attached hydrogen (secondary N) is 1. The third-order valence-corrected chi connectivity index (χ3v) is 6.31. The van der Waals surface area contributed by atoms with Gasteiger partial charge in [-0.1, -0.05) is 94.9 Å². The zero-order valence-electron chi connectivity index (χ0n) is 24.3. The molecule has 33 heavy (non-hydrogen) atoms. The molecule has 204 valence electrons. The predicted molar refractivity (Wildman–Crippen MR) is 146 cm³/mol. The predicted octanol–water partition coefficient (Wildman–Crippen LogP) is 7.13. The van der Waals surface area contributed by atoms with Crippen LogP contribution in [0, 0.1) is 11.8 Å². The minimum atomic E-state index is -0.241. The monoisotopic (exact) mass is 477 g/mol. The highest BCUT2D eigenvalue weighted by molar-refractivity contribution is 5.75. The Balaban J connectivity index is -0.000000292. The molecule has 0 aromatic heterocycles. The quantitative estimate of drug-likeness (QED) is 0.195. The molecule has 0 aliphatic carbocycles. The third kappa shape index (κ3) is 24.3. The Labute approximate surface area is 208 Å². The van der Waals surface area contributed by atoms with Gasteiger partial charge in [0.25, 0.3) is 0 Å². The summed E-state index contributed by atoms with van der Waals surface area (Å²) in [5.74, 6) is 1.52. The topological polar surface area (TPSA) is 78.8 Å². The number of carbonyl (C=O) groups is 1. The maximum absolute atomic E-state index is 11.8. The zero-order valence-corrected chi connectivity index (χ0v) is 24.3. The fourth-order valence-corrected chi connectivity index (χ4v) is 3.54. The smallest absolute Gasteiger partial charge is 0.220 e. The van der Waals surface area contributed by atoms with Gasteiger partial charge in [0.2, 0.25) is 5.91 Å². The van der Waals surface area contributed by atoms with Gasteiger partial charge in [-0.2, -0.15) is 0 Å². The molecular formula is C28H63NO4. The summed E-state index contributed by atoms with van der Waals surface area (Å²) in [5.41, 5.74) is -0.241. The van der Waals surface area contributed by atoms with Crippen molar-refractivity contribution >= 4 is 5.91 Å². The molecule has 0 spiro atoms. The summed E-state index contributed by atoms with van der Waals surface area (Å²) in [7, 11) is 0. The lowest BCUT2D eigenvalue weighted by Gasteiger charge is -2.31. The molecule has 5 heteroatoms. The molecule has 5 nitrogen and oxygen atoms in total. The molecule has 0 saturated carbocycles. The molecule has 0 aromatic carbocycles. The highest BCUT2D eigenvalue weighted by Gasteiger charge is 2.26. The van der Waals surface area contributed by atoms with Crippen molar-refractivity contribution in [2.75, 3.05) is 26.4 Å². The fourth-order valence-electron chi connectivity index (χ4n) is 3.54. The Bertz CT molecular complexity index is 352. The first-order valence-corrected chi connectivity index (χ1v) is 14.0. The molecule has 0 heterocycles. The van der Waals surface area contributed by atoms with Crippen LogP contribution in [-0.4, -0.2) is 48.1 Å². The van der Waals surface area contributed by atoms with Crippen LogP contribution in [0.15, 0.2) is 0 Å². The van der Waals surface area contributed by atoms with Crippen LogP contribution < -0.4 is 5.32 Å². The molecule has 0 aromatic rings. The summed E-state index contributed by atoms with van der Waals surface area (Å²) in [4.78, 5) is 11.8. The van der Waals surface area contributed by atoms with E-state index < -0.39 is 0 Å². The molecule has 0 aliphatic rings. The van der Waals surface area contributed by atoms with E-state index in [1.165, 1.54) is 12.8 Å². The van der Waals surface area contributed by atoms with Gasteiger partial charge in [0.15, 0.2) is 0 Å². The molecule has 0 unspecified atom stereocenters. The number of hydrogen-bond donors (Lipinski definition) is 3. The van der Waals surface area contributed by atoms with E-state index >= 15 is 0 Å². The number of carbonyl (C=O) groups excluding carboxylic acids is 1. The fraction of sp³-hybridized carbons (Fsp3) is 0.964. The van der Waals surface area contributed by atoms with Crippen molar-refractivity contribution in [2.45, 2.75) is 139 Å². The van der Waals surface area contributed by atoms with E-state index in [9.17, 15) is 4.79 Å². The molecule has 0 bridgehead atoms. The zero-order chi connectivity index (χ0) is 26.5. The molecule has 1 amide bonds. The van der Waals surface area contributed by atoms with Crippen molar-refractivity contribution in [3.63, 3.8) is 0 Å². The van der Waals surface area contributed by atoms with Gasteiger partial charge >= 0.3 is 0 Å². The van der Waals surface area contributed by atoms with Crippen molar-refractivity contribution in [3.8, 4) is 0 Å². The molecule has 0 aliphatic heterocycles. The van der Waals surface area contributed by atoms with Crippen LogP contribution in [0.25, 0.3) is 0 Å². The van der Waals surface area contributed by atoms with Crippen molar-refractivity contribution in [1.29, 1.82) is 0 Å². The highest BCUT2D eigenvalue weighted by atomic mass is 16.5. The lowest BCUT2D eigenvalue weighted by molar-refractivity contribution is -0.122. The van der Waals surface area contributed by atoms with Crippen LogP contribution >= 0.6 is 0 Å². The standard InChI is InChI=1S/C17H35NO3.C7H16O.2C2H6/c1-5-15(6-2)9-10-16(20)18-12-14-21-17(7-3,8-4)11-13-19;1-3-7(4-2)5-6-8;2*1-2/h15,19H,5-14H2,1-4H3,(H,18,20);7-8H,3-6H2,1-2H3;2*1-2H3. The van der Waals surface area contributed by atoms with E-state index in [1.807, 2.05) is 27.7 Å². The largest absolute Gasteiger partial charge is 0.396 e. The Morgan fingerprint density at radius 3 is 1.58 bits per heavy atom. The van der Waals surface area contributed by atoms with Crippen LogP contribution in [0.1, 0.15) is 133 Å². The average molecular weight is 478 g/mol. The first-order valence-electron chi connectivity index (χ1n) is 14.0. The summed E-state index contributed by atoms with van der Waals surface area (Å²) >= 11 is 0. The van der Waals surface area contributed by atoms with E-state index in [0.717, 1.165) is 44.4 Å². The lowest BCUT2D eigenvalue weighted by atomic mass is 9.93. The summed E-state index contributed by atoms with van der Waals surface area (Å²) in [6, 6.07) is 0. The van der Waals surface area contributed by atoms with Crippen LogP contribution in [0.5, 0.6) is 0 Å². The Morgan fingerprint density at radius 2 is 1.24 bits per heavy atom. The van der Waals surface area contributed by atoms with Gasteiger partial charge in [0.1, 0.15) is 0 Å². The van der Waals surface area contributed by atoms with Gasteiger partial charge < -0.3 is 20.3 Å². The third-order valence-electron chi connectivity index (χ3n) is 6.31. The van der Waals surface area contributed by atoms with Crippen molar-refractivity contribution in [3.05, 3.63) is 0 Å². The minimum absolute atomic E-state index is 0.117. The first kappa shape index (κ1) is 39.6. The molecule has 0 atom stereocenters. The van der Waals surface area contributed by atoms with E-state index in [1.54, 1.807) is 0 Å². The Morgan fingerprint density at radius 1 is 0.788 bits per heavy atom. The molecule has 0 fully saturated rings. The van der Waals surface area contributed by atoms with Gasteiger partial charge in [0.05, 0.1) is 12.2 Å². The highest BCUT2D eigenvalue weighted by Crippen LogP contribution is 2.24. The first-order chi connectivity index (χ1) is 15.9. The second-order valence-electron chi connectivity index (χ2n) is 7.98. The number of amides is 1. The summed E-state index contributed by atoms with van der Waals surface area (Å²) < 4.78 is 5.91. The lowest BCUT2D eigenvalue weighted by Crippen LogP contribution is -2.36. The van der Waals surface area contributed by atoms with Gasteiger partial charge in [-0.15, -0.1) is 0 Å². The Kier molecular flexibility index (Phi) is 37.6. The number of rotatable bonds is 17. The number of aliphatic hydroxyl groups is 2. The van der Waals surface area contributed by atoms with Crippen molar-refractivity contribution in [2.24, 2.45) is 11.8 Å². The molecular weight excluding hydrogens is 414 g/mol. The SMILES string of the molecule is CC.CC.CCC(CC)CCC(=O)NCCOC(CC)(CC)CCO.CCC(CC)CCO. The van der Waals surface area contributed by atoms with Crippen LogP contribution in [0.3, 0.4) is 0 Å². The van der Waals surface area contributed by atoms with Gasteiger partial charge in [0, 0.05) is 26.2 Å². The van der Waals surface area contributed by atoms with Crippen molar-refractivity contribution in [1.82, 2.24) is 5.32 Å². The maximum Gasteiger partial charge on any atom is 0.220 e. The van der Waals surface area contributed by atoms with E-state index in [4.69, 9.17) is 14.9 Å². The van der Waals surface area contributed by atoms with E-state index in [2.05, 4.69) is 46.9 Å². The summed E-state index contributed by atoms with van der Waals surface area (Å²) in [6.45, 7) is 22.4. The maximum atomic E-state index is 11.8. The number of ether oxygens (including phenoxy) is 1. The van der Waals surface area contributed by atoms with Crippen LogP contribution in [0.2, 0.25) is 0 Å². The molecule has 0 saturated heterocycles. The van der Waals surface area contributed by atoms with Gasteiger partial charge in [-0.3, -0.25) is 4.79 Å². The average Bonchev–Trinajstić information content (AvgIpc) is 2.87. The molecule has 0 rings (SSSR count). The molecule has 3 N–H and O–H groups in total. The van der Waals surface area contributed by atoms with E-state index in [0.29, 0.717) is 38.5 Å².